The highest BCUT2D eigenvalue weighted by Crippen LogP contribution is 2.03. The maximum atomic E-state index is 5.81. The van der Waals surface area contributed by atoms with Gasteiger partial charge in [0, 0.05) is 6.61 Å². The van der Waals surface area contributed by atoms with Crippen molar-refractivity contribution in [1.29, 1.82) is 0 Å². The second-order valence-corrected chi connectivity index (χ2v) is 5.93. The molecule has 2 heteroatoms. The maximum absolute atomic E-state index is 5.81. The summed E-state index contributed by atoms with van der Waals surface area (Å²) >= 11 is 0. The van der Waals surface area contributed by atoms with Gasteiger partial charge in [-0.3, -0.25) is 0 Å². The molecule has 1 rings (SSSR count). The van der Waals surface area contributed by atoms with Gasteiger partial charge < -0.3 is 4.43 Å². The summed E-state index contributed by atoms with van der Waals surface area (Å²) in [6.07, 6.45) is 1.92. The van der Waals surface area contributed by atoms with E-state index in [2.05, 4.69) is 38.6 Å². The van der Waals surface area contributed by atoms with Crippen LogP contribution in [0.3, 0.4) is 0 Å². The Labute approximate surface area is 88.1 Å². The number of hydrogen-bond acceptors (Lipinski definition) is 1. The van der Waals surface area contributed by atoms with E-state index in [1.54, 1.807) is 0 Å². The van der Waals surface area contributed by atoms with E-state index in [1.807, 2.05) is 12.1 Å². The molecule has 0 radical (unpaired) electrons. The zero-order valence-electron chi connectivity index (χ0n) is 8.99. The third-order valence-electron chi connectivity index (χ3n) is 2.30. The summed E-state index contributed by atoms with van der Waals surface area (Å²) < 4.78 is 5.81. The molecule has 1 aromatic rings. The summed E-state index contributed by atoms with van der Waals surface area (Å²) in [5.41, 5.74) is 1.24. The van der Waals surface area contributed by atoms with Crippen LogP contribution in [0.15, 0.2) is 30.8 Å². The van der Waals surface area contributed by atoms with Crippen LogP contribution in [-0.2, 0) is 4.43 Å². The van der Waals surface area contributed by atoms with E-state index in [-0.39, 0.29) is 0 Å². The highest BCUT2D eigenvalue weighted by atomic mass is 28.3. The SMILES string of the molecule is C=Cc1ccccc1[SiH](CC)OCC. The standard InChI is InChI=1S/C12H18OSi/c1-4-11-9-7-8-10-12(11)14(6-3)13-5-2/h4,7-10,14H,1,5-6H2,2-3H3. The second kappa shape index (κ2) is 5.78. The summed E-state index contributed by atoms with van der Waals surface area (Å²) in [7, 11) is -1.20. The van der Waals surface area contributed by atoms with Crippen LogP contribution in [0.25, 0.3) is 6.08 Å². The first-order valence-corrected chi connectivity index (χ1v) is 7.03. The Balaban J connectivity index is 2.95. The highest BCUT2D eigenvalue weighted by molar-refractivity contribution is 6.68. The van der Waals surface area contributed by atoms with Gasteiger partial charge in [0.1, 0.15) is 0 Å². The molecule has 0 aromatic heterocycles. The minimum Gasteiger partial charge on any atom is -0.416 e. The van der Waals surface area contributed by atoms with Gasteiger partial charge in [0.2, 0.25) is 9.04 Å². The first kappa shape index (κ1) is 11.2. The lowest BCUT2D eigenvalue weighted by atomic mass is 10.2. The molecule has 0 saturated carbocycles. The van der Waals surface area contributed by atoms with Gasteiger partial charge in [-0.05, 0) is 23.7 Å². The van der Waals surface area contributed by atoms with Crippen LogP contribution >= 0.6 is 0 Å². The Morgan fingerprint density at radius 1 is 1.36 bits per heavy atom. The lowest BCUT2D eigenvalue weighted by molar-refractivity contribution is 0.350. The van der Waals surface area contributed by atoms with Crippen molar-refractivity contribution in [1.82, 2.24) is 0 Å². The first-order valence-electron chi connectivity index (χ1n) is 5.16. The van der Waals surface area contributed by atoms with Crippen molar-refractivity contribution in [3.05, 3.63) is 36.4 Å². The van der Waals surface area contributed by atoms with E-state index in [4.69, 9.17) is 4.43 Å². The van der Waals surface area contributed by atoms with Crippen molar-refractivity contribution < 1.29 is 4.43 Å². The molecule has 1 unspecified atom stereocenters. The number of rotatable bonds is 5. The molecule has 0 amide bonds. The molecule has 1 nitrogen and oxygen atoms in total. The molecule has 14 heavy (non-hydrogen) atoms. The lowest BCUT2D eigenvalue weighted by Crippen LogP contribution is -2.34. The van der Waals surface area contributed by atoms with Gasteiger partial charge in [0.25, 0.3) is 0 Å². The van der Waals surface area contributed by atoms with E-state index in [9.17, 15) is 0 Å². The van der Waals surface area contributed by atoms with Crippen molar-refractivity contribution in [2.75, 3.05) is 6.61 Å². The average Bonchev–Trinajstić information content (AvgIpc) is 2.26. The topological polar surface area (TPSA) is 9.23 Å². The minimum atomic E-state index is -1.20. The van der Waals surface area contributed by atoms with Gasteiger partial charge in [-0.2, -0.15) is 0 Å². The van der Waals surface area contributed by atoms with Crippen LogP contribution < -0.4 is 5.19 Å². The van der Waals surface area contributed by atoms with Crippen LogP contribution in [0, 0.1) is 0 Å². The van der Waals surface area contributed by atoms with Crippen LogP contribution in [0.4, 0.5) is 0 Å². The Bertz CT molecular complexity index is 296. The highest BCUT2D eigenvalue weighted by Gasteiger charge is 2.13. The van der Waals surface area contributed by atoms with Gasteiger partial charge in [0.05, 0.1) is 0 Å². The molecule has 0 aliphatic carbocycles. The molecular formula is C12H18OSi. The molecule has 0 fully saturated rings. The van der Waals surface area contributed by atoms with Crippen LogP contribution in [0.2, 0.25) is 6.04 Å². The van der Waals surface area contributed by atoms with Crippen molar-refractivity contribution >= 4 is 20.3 Å². The first-order chi connectivity index (χ1) is 6.83. The van der Waals surface area contributed by atoms with Gasteiger partial charge >= 0.3 is 0 Å². The number of hydrogen-bond donors (Lipinski definition) is 0. The molecule has 76 valence electrons. The van der Waals surface area contributed by atoms with Gasteiger partial charge in [-0.25, -0.2) is 0 Å². The predicted octanol–water partition coefficient (Wildman–Crippen LogP) is 2.32. The third-order valence-corrected chi connectivity index (χ3v) is 5.00. The summed E-state index contributed by atoms with van der Waals surface area (Å²) in [6, 6.07) is 9.55. The predicted molar refractivity (Wildman–Crippen MR) is 65.4 cm³/mol. The normalized spacial score (nSPS) is 12.4. The van der Waals surface area contributed by atoms with Crippen LogP contribution in [0.5, 0.6) is 0 Å². The summed E-state index contributed by atoms with van der Waals surface area (Å²) in [6.45, 7) is 8.91. The Kier molecular flexibility index (Phi) is 4.63. The molecule has 0 aliphatic heterocycles. The monoisotopic (exact) mass is 206 g/mol. The maximum Gasteiger partial charge on any atom is 0.208 e. The minimum absolute atomic E-state index is 0.816. The molecule has 0 heterocycles. The molecule has 1 aromatic carbocycles. The molecule has 0 N–H and O–H groups in total. The average molecular weight is 206 g/mol. The van der Waals surface area contributed by atoms with E-state index in [0.29, 0.717) is 0 Å². The van der Waals surface area contributed by atoms with Crippen molar-refractivity contribution in [3.63, 3.8) is 0 Å². The molecule has 0 bridgehead atoms. The van der Waals surface area contributed by atoms with Crippen molar-refractivity contribution in [3.8, 4) is 0 Å². The Morgan fingerprint density at radius 3 is 2.64 bits per heavy atom. The third kappa shape index (κ3) is 2.56. The molecule has 0 aliphatic rings. The van der Waals surface area contributed by atoms with Crippen LogP contribution in [0.1, 0.15) is 19.4 Å². The smallest absolute Gasteiger partial charge is 0.208 e. The van der Waals surface area contributed by atoms with Crippen LogP contribution in [-0.4, -0.2) is 15.6 Å². The summed E-state index contributed by atoms with van der Waals surface area (Å²) in [4.78, 5) is 0. The fraction of sp³-hybridized carbons (Fsp3) is 0.333. The molecular weight excluding hydrogens is 188 g/mol. The molecule has 1 atom stereocenters. The zero-order chi connectivity index (χ0) is 10.4. The Hall–Kier alpha value is -0.863. The number of benzene rings is 1. The van der Waals surface area contributed by atoms with Crippen molar-refractivity contribution in [2.24, 2.45) is 0 Å². The Morgan fingerprint density at radius 2 is 2.07 bits per heavy atom. The molecule has 0 saturated heterocycles. The van der Waals surface area contributed by atoms with E-state index in [0.717, 1.165) is 12.7 Å². The van der Waals surface area contributed by atoms with Gasteiger partial charge in [-0.1, -0.05) is 43.8 Å². The lowest BCUT2D eigenvalue weighted by Gasteiger charge is -2.15. The second-order valence-electron chi connectivity index (χ2n) is 3.19. The van der Waals surface area contributed by atoms with Crippen molar-refractivity contribution in [2.45, 2.75) is 19.9 Å². The summed E-state index contributed by atoms with van der Waals surface area (Å²) in [5, 5.41) is 1.38. The summed E-state index contributed by atoms with van der Waals surface area (Å²) in [5.74, 6) is 0. The largest absolute Gasteiger partial charge is 0.416 e. The molecule has 0 spiro atoms. The van der Waals surface area contributed by atoms with E-state index >= 15 is 0 Å². The van der Waals surface area contributed by atoms with Gasteiger partial charge in [-0.15, -0.1) is 0 Å². The zero-order valence-corrected chi connectivity index (χ0v) is 10.1. The fourth-order valence-corrected chi connectivity index (χ4v) is 3.79. The fourth-order valence-electron chi connectivity index (χ4n) is 1.62. The van der Waals surface area contributed by atoms with E-state index in [1.165, 1.54) is 10.8 Å². The van der Waals surface area contributed by atoms with Gasteiger partial charge in [0.15, 0.2) is 0 Å². The van der Waals surface area contributed by atoms with E-state index < -0.39 is 9.04 Å². The quantitative estimate of drug-likeness (QED) is 0.672.